The quantitative estimate of drug-likeness (QED) is 0.683. The fraction of sp³-hybridized carbons (Fsp3) is 0.353. The van der Waals surface area contributed by atoms with Gasteiger partial charge in [-0.2, -0.15) is 0 Å². The summed E-state index contributed by atoms with van der Waals surface area (Å²) < 4.78 is 5.31. The van der Waals surface area contributed by atoms with Gasteiger partial charge in [0.2, 0.25) is 0 Å². The molecule has 1 aromatic heterocycles. The molecule has 2 heteroatoms. The second-order valence-electron chi connectivity index (χ2n) is 5.37. The summed E-state index contributed by atoms with van der Waals surface area (Å²) in [7, 11) is 0. The summed E-state index contributed by atoms with van der Waals surface area (Å²) in [4.78, 5) is 4.67. The number of para-hydroxylation sites is 1. The van der Waals surface area contributed by atoms with Gasteiger partial charge in [0.15, 0.2) is 0 Å². The third-order valence-electron chi connectivity index (χ3n) is 3.21. The maximum Gasteiger partial charge on any atom is 0.144 e. The van der Waals surface area contributed by atoms with Crippen molar-refractivity contribution >= 4 is 11.9 Å². The average molecular weight is 255 g/mol. The van der Waals surface area contributed by atoms with Crippen molar-refractivity contribution in [1.82, 2.24) is 0 Å². The second-order valence-corrected chi connectivity index (χ2v) is 5.37. The first-order valence-corrected chi connectivity index (χ1v) is 6.80. The molecular formula is C17H21NO. The number of rotatable bonds is 4. The van der Waals surface area contributed by atoms with Crippen LogP contribution in [0.5, 0.6) is 0 Å². The Labute approximate surface area is 115 Å². The SMILES string of the molecule is CC(C)c1cccc(C(C)C)c1/N=C/c1ccco1. The Morgan fingerprint density at radius 2 is 1.58 bits per heavy atom. The predicted molar refractivity (Wildman–Crippen MR) is 80.6 cm³/mol. The van der Waals surface area contributed by atoms with Crippen LogP contribution >= 0.6 is 0 Å². The lowest BCUT2D eigenvalue weighted by Crippen LogP contribution is -1.95. The standard InChI is InChI=1S/C17H21NO/c1-12(2)15-8-5-9-16(13(3)4)17(15)18-11-14-7-6-10-19-14/h5-13H,1-4H3/b18-11+. The molecule has 1 aromatic carbocycles. The van der Waals surface area contributed by atoms with Crippen molar-refractivity contribution in [1.29, 1.82) is 0 Å². The van der Waals surface area contributed by atoms with Crippen LogP contribution in [-0.4, -0.2) is 6.21 Å². The lowest BCUT2D eigenvalue weighted by Gasteiger charge is -2.15. The molecule has 2 aromatic rings. The summed E-state index contributed by atoms with van der Waals surface area (Å²) in [6.07, 6.45) is 3.46. The van der Waals surface area contributed by atoms with Crippen molar-refractivity contribution in [2.24, 2.45) is 4.99 Å². The Kier molecular flexibility index (Phi) is 4.20. The van der Waals surface area contributed by atoms with E-state index in [1.807, 2.05) is 12.1 Å². The number of furan rings is 1. The van der Waals surface area contributed by atoms with Gasteiger partial charge >= 0.3 is 0 Å². The summed E-state index contributed by atoms with van der Waals surface area (Å²) >= 11 is 0. The molecule has 2 rings (SSSR count). The zero-order valence-electron chi connectivity index (χ0n) is 12.1. The van der Waals surface area contributed by atoms with Crippen molar-refractivity contribution in [3.8, 4) is 0 Å². The molecule has 2 nitrogen and oxygen atoms in total. The number of hydrogen-bond acceptors (Lipinski definition) is 2. The smallest absolute Gasteiger partial charge is 0.144 e. The zero-order chi connectivity index (χ0) is 13.8. The third-order valence-corrected chi connectivity index (χ3v) is 3.21. The molecule has 0 radical (unpaired) electrons. The van der Waals surface area contributed by atoms with Gasteiger partial charge in [0, 0.05) is 0 Å². The first-order chi connectivity index (χ1) is 9.09. The number of benzene rings is 1. The Morgan fingerprint density at radius 1 is 0.947 bits per heavy atom. The molecule has 0 saturated carbocycles. The lowest BCUT2D eigenvalue weighted by molar-refractivity contribution is 0.560. The van der Waals surface area contributed by atoms with E-state index in [0.717, 1.165) is 11.4 Å². The summed E-state index contributed by atoms with van der Waals surface area (Å²) in [5.74, 6) is 1.71. The van der Waals surface area contributed by atoms with Crippen LogP contribution in [0.4, 0.5) is 5.69 Å². The molecule has 0 spiro atoms. The van der Waals surface area contributed by atoms with Gasteiger partial charge in [0.05, 0.1) is 18.2 Å². The van der Waals surface area contributed by atoms with E-state index in [1.54, 1.807) is 12.5 Å². The van der Waals surface area contributed by atoms with Crippen molar-refractivity contribution < 1.29 is 4.42 Å². The van der Waals surface area contributed by atoms with Crippen LogP contribution in [0.15, 0.2) is 46.0 Å². The van der Waals surface area contributed by atoms with E-state index in [2.05, 4.69) is 50.9 Å². The number of nitrogens with zero attached hydrogens (tertiary/aromatic N) is 1. The highest BCUT2D eigenvalue weighted by Crippen LogP contribution is 2.34. The minimum absolute atomic E-state index is 0.461. The molecule has 0 bridgehead atoms. The van der Waals surface area contributed by atoms with Crippen LogP contribution in [0.25, 0.3) is 0 Å². The Hall–Kier alpha value is -1.83. The molecule has 0 aliphatic rings. The average Bonchev–Trinajstić information content (AvgIpc) is 2.88. The molecule has 100 valence electrons. The van der Waals surface area contributed by atoms with Gasteiger partial charge in [0.1, 0.15) is 5.76 Å². The van der Waals surface area contributed by atoms with Gasteiger partial charge in [-0.3, -0.25) is 4.99 Å². The number of hydrogen-bond donors (Lipinski definition) is 0. The first-order valence-electron chi connectivity index (χ1n) is 6.80. The normalized spacial score (nSPS) is 11.9. The minimum atomic E-state index is 0.461. The van der Waals surface area contributed by atoms with Crippen molar-refractivity contribution in [2.75, 3.05) is 0 Å². The second kappa shape index (κ2) is 5.87. The first kappa shape index (κ1) is 13.6. The molecule has 0 aliphatic heterocycles. The van der Waals surface area contributed by atoms with Gasteiger partial charge in [-0.05, 0) is 35.1 Å². The van der Waals surface area contributed by atoms with E-state index in [-0.39, 0.29) is 0 Å². The van der Waals surface area contributed by atoms with Gasteiger partial charge in [0.25, 0.3) is 0 Å². The van der Waals surface area contributed by atoms with Crippen LogP contribution in [0, 0.1) is 0 Å². The maximum absolute atomic E-state index is 5.31. The highest BCUT2D eigenvalue weighted by atomic mass is 16.3. The molecule has 0 unspecified atom stereocenters. The zero-order valence-corrected chi connectivity index (χ0v) is 12.1. The summed E-state index contributed by atoms with van der Waals surface area (Å²) in [5, 5.41) is 0. The van der Waals surface area contributed by atoms with Crippen LogP contribution in [0.1, 0.15) is 56.4 Å². The Balaban J connectivity index is 2.46. The van der Waals surface area contributed by atoms with Crippen LogP contribution < -0.4 is 0 Å². The van der Waals surface area contributed by atoms with Gasteiger partial charge in [-0.15, -0.1) is 0 Å². The monoisotopic (exact) mass is 255 g/mol. The molecule has 0 atom stereocenters. The van der Waals surface area contributed by atoms with Gasteiger partial charge in [-0.1, -0.05) is 45.9 Å². The summed E-state index contributed by atoms with van der Waals surface area (Å²) in [5.41, 5.74) is 3.66. The fourth-order valence-electron chi connectivity index (χ4n) is 2.15. The van der Waals surface area contributed by atoms with Crippen LogP contribution in [-0.2, 0) is 0 Å². The minimum Gasteiger partial charge on any atom is -0.463 e. The predicted octanol–water partition coefficient (Wildman–Crippen LogP) is 5.28. The van der Waals surface area contributed by atoms with Gasteiger partial charge in [-0.25, -0.2) is 0 Å². The maximum atomic E-state index is 5.31. The third kappa shape index (κ3) is 3.14. The molecule has 1 heterocycles. The largest absolute Gasteiger partial charge is 0.463 e. The summed E-state index contributed by atoms with van der Waals surface area (Å²) in [6, 6.07) is 10.2. The lowest BCUT2D eigenvalue weighted by atomic mass is 9.93. The molecule has 0 amide bonds. The van der Waals surface area contributed by atoms with E-state index in [9.17, 15) is 0 Å². The van der Waals surface area contributed by atoms with Crippen molar-refractivity contribution in [3.05, 3.63) is 53.5 Å². The summed E-state index contributed by atoms with van der Waals surface area (Å²) in [6.45, 7) is 8.80. The van der Waals surface area contributed by atoms with Gasteiger partial charge < -0.3 is 4.42 Å². The molecule has 0 fully saturated rings. The molecule has 0 N–H and O–H groups in total. The topological polar surface area (TPSA) is 25.5 Å². The Bertz CT molecular complexity index is 524. The highest BCUT2D eigenvalue weighted by molar-refractivity contribution is 5.79. The fourth-order valence-corrected chi connectivity index (χ4v) is 2.15. The van der Waals surface area contributed by atoms with Crippen molar-refractivity contribution in [2.45, 2.75) is 39.5 Å². The van der Waals surface area contributed by atoms with Crippen LogP contribution in [0.2, 0.25) is 0 Å². The molecule has 0 aliphatic carbocycles. The molecule has 19 heavy (non-hydrogen) atoms. The van der Waals surface area contributed by atoms with E-state index in [4.69, 9.17) is 4.42 Å². The highest BCUT2D eigenvalue weighted by Gasteiger charge is 2.12. The Morgan fingerprint density at radius 3 is 2.05 bits per heavy atom. The van der Waals surface area contributed by atoms with E-state index >= 15 is 0 Å². The molecular weight excluding hydrogens is 234 g/mol. The van der Waals surface area contributed by atoms with E-state index < -0.39 is 0 Å². The van der Waals surface area contributed by atoms with E-state index in [0.29, 0.717) is 11.8 Å². The van der Waals surface area contributed by atoms with Crippen molar-refractivity contribution in [3.63, 3.8) is 0 Å². The number of aliphatic imine (C=N–C) groups is 1. The molecule has 0 saturated heterocycles. The van der Waals surface area contributed by atoms with E-state index in [1.165, 1.54) is 11.1 Å². The van der Waals surface area contributed by atoms with Crippen LogP contribution in [0.3, 0.4) is 0 Å².